The first kappa shape index (κ1) is 18.0. The molecule has 2 aliphatic rings. The first-order valence-corrected chi connectivity index (χ1v) is 10.5. The summed E-state index contributed by atoms with van der Waals surface area (Å²) >= 11 is 0. The Morgan fingerprint density at radius 3 is 2.69 bits per heavy atom. The predicted molar refractivity (Wildman–Crippen MR) is 117 cm³/mol. The summed E-state index contributed by atoms with van der Waals surface area (Å²) < 4.78 is 0. The molecule has 5 nitrogen and oxygen atoms in total. The predicted octanol–water partition coefficient (Wildman–Crippen LogP) is 3.65. The topological polar surface area (TPSA) is 56.4 Å². The largest absolute Gasteiger partial charge is 0.372 e. The zero-order valence-electron chi connectivity index (χ0n) is 16.5. The molecule has 5 rings (SSSR count). The minimum atomic E-state index is -0.103. The number of aryl methyl sites for hydroxylation is 1. The van der Waals surface area contributed by atoms with Crippen LogP contribution in [0.5, 0.6) is 0 Å². The van der Waals surface area contributed by atoms with Gasteiger partial charge in [-0.15, -0.1) is 0 Å². The number of amides is 1. The Hall–Kier alpha value is -3.08. The van der Waals surface area contributed by atoms with Gasteiger partial charge in [0, 0.05) is 48.5 Å². The Balaban J connectivity index is 1.30. The summed E-state index contributed by atoms with van der Waals surface area (Å²) in [5, 5.41) is 0.996. The number of para-hydroxylation sites is 1. The van der Waals surface area contributed by atoms with E-state index in [0.717, 1.165) is 42.6 Å². The highest BCUT2D eigenvalue weighted by molar-refractivity contribution is 5.96. The maximum atomic E-state index is 12.9. The maximum Gasteiger partial charge on any atom is 0.251 e. The van der Waals surface area contributed by atoms with E-state index in [2.05, 4.69) is 28.1 Å². The molecule has 1 N–H and O–H groups in total. The maximum absolute atomic E-state index is 12.9. The van der Waals surface area contributed by atoms with Crippen molar-refractivity contribution in [3.8, 4) is 0 Å². The number of benzene rings is 2. The van der Waals surface area contributed by atoms with Crippen LogP contribution in [0.25, 0.3) is 10.9 Å². The van der Waals surface area contributed by atoms with Gasteiger partial charge in [-0.3, -0.25) is 9.59 Å². The van der Waals surface area contributed by atoms with Crippen LogP contribution in [0.3, 0.4) is 0 Å². The Bertz CT molecular complexity index is 1130. The van der Waals surface area contributed by atoms with E-state index >= 15 is 0 Å². The average Bonchev–Trinajstić information content (AvgIpc) is 3.41. The highest BCUT2D eigenvalue weighted by Gasteiger charge is 2.25. The minimum absolute atomic E-state index is 0.0882. The van der Waals surface area contributed by atoms with Crippen LogP contribution >= 0.6 is 0 Å². The fourth-order valence-corrected chi connectivity index (χ4v) is 4.57. The quantitative estimate of drug-likeness (QED) is 0.743. The number of carbonyl (C=O) groups excluding carboxylic acids is 1. The van der Waals surface area contributed by atoms with Crippen LogP contribution < -0.4 is 15.4 Å². The molecule has 5 heteroatoms. The van der Waals surface area contributed by atoms with E-state index in [1.807, 2.05) is 35.2 Å². The van der Waals surface area contributed by atoms with Crippen molar-refractivity contribution in [3.63, 3.8) is 0 Å². The van der Waals surface area contributed by atoms with Crippen molar-refractivity contribution in [2.75, 3.05) is 29.4 Å². The van der Waals surface area contributed by atoms with Gasteiger partial charge in [0.25, 0.3) is 5.56 Å². The summed E-state index contributed by atoms with van der Waals surface area (Å²) in [5.74, 6) is 0.0882. The molecule has 0 unspecified atom stereocenters. The number of H-pyrrole nitrogens is 1. The van der Waals surface area contributed by atoms with Crippen LogP contribution in [0.15, 0.2) is 53.3 Å². The molecule has 0 aliphatic carbocycles. The Morgan fingerprint density at radius 2 is 1.83 bits per heavy atom. The van der Waals surface area contributed by atoms with E-state index < -0.39 is 0 Å². The number of fused-ring (bicyclic) bond motifs is 2. The molecule has 2 aliphatic heterocycles. The van der Waals surface area contributed by atoms with E-state index in [9.17, 15) is 9.59 Å². The lowest BCUT2D eigenvalue weighted by Gasteiger charge is -2.20. The SMILES string of the molecule is O=C(CCc1cc2ccccc2[nH]c1=O)N1CCc2cc(N3CCCC3)ccc21. The second-order valence-electron chi connectivity index (χ2n) is 8.01. The summed E-state index contributed by atoms with van der Waals surface area (Å²) in [6.07, 6.45) is 4.22. The molecule has 1 fully saturated rings. The second-order valence-corrected chi connectivity index (χ2v) is 8.01. The summed E-state index contributed by atoms with van der Waals surface area (Å²) in [6.45, 7) is 2.98. The lowest BCUT2D eigenvalue weighted by atomic mass is 10.1. The number of nitrogens with zero attached hydrogens (tertiary/aromatic N) is 2. The second kappa shape index (κ2) is 7.39. The third-order valence-electron chi connectivity index (χ3n) is 6.17. The van der Waals surface area contributed by atoms with Gasteiger partial charge in [-0.25, -0.2) is 0 Å². The third-order valence-corrected chi connectivity index (χ3v) is 6.17. The van der Waals surface area contributed by atoms with Crippen molar-refractivity contribution in [3.05, 3.63) is 70.0 Å². The average molecular weight is 387 g/mol. The van der Waals surface area contributed by atoms with Gasteiger partial charge in [-0.1, -0.05) is 18.2 Å². The van der Waals surface area contributed by atoms with Gasteiger partial charge in [0.05, 0.1) is 0 Å². The summed E-state index contributed by atoms with van der Waals surface area (Å²) in [7, 11) is 0. The Kier molecular flexibility index (Phi) is 4.58. The molecule has 1 amide bonds. The molecule has 1 aromatic heterocycles. The van der Waals surface area contributed by atoms with Crippen LogP contribution in [0.1, 0.15) is 30.4 Å². The molecular formula is C24H25N3O2. The van der Waals surface area contributed by atoms with Crippen LogP contribution in [0.4, 0.5) is 11.4 Å². The Labute approximate surface area is 170 Å². The van der Waals surface area contributed by atoms with Crippen LogP contribution in [0.2, 0.25) is 0 Å². The Morgan fingerprint density at radius 1 is 1.00 bits per heavy atom. The van der Waals surface area contributed by atoms with Gasteiger partial charge in [-0.05, 0) is 67.0 Å². The number of anilines is 2. The molecule has 3 heterocycles. The molecule has 0 bridgehead atoms. The van der Waals surface area contributed by atoms with Crippen LogP contribution in [-0.4, -0.2) is 30.5 Å². The standard InChI is InChI=1S/C24H25N3O2/c28-23(10-7-19-15-17-5-1-2-6-21(17)25-24(19)29)27-14-11-18-16-20(8-9-22(18)27)26-12-3-4-13-26/h1-2,5-6,8-9,15-16H,3-4,7,10-14H2,(H,25,29). The van der Waals surface area contributed by atoms with Crippen molar-refractivity contribution >= 4 is 28.2 Å². The zero-order chi connectivity index (χ0) is 19.8. The van der Waals surface area contributed by atoms with Gasteiger partial charge in [-0.2, -0.15) is 0 Å². The normalized spacial score (nSPS) is 15.9. The van der Waals surface area contributed by atoms with Crippen molar-refractivity contribution in [2.45, 2.75) is 32.1 Å². The molecule has 3 aromatic rings. The molecule has 0 spiro atoms. The molecule has 148 valence electrons. The number of hydrogen-bond donors (Lipinski definition) is 1. The van der Waals surface area contributed by atoms with Crippen molar-refractivity contribution in [2.24, 2.45) is 0 Å². The number of aromatic nitrogens is 1. The molecular weight excluding hydrogens is 362 g/mol. The van der Waals surface area contributed by atoms with Crippen LogP contribution in [0, 0.1) is 0 Å². The number of nitrogens with one attached hydrogen (secondary N) is 1. The highest BCUT2D eigenvalue weighted by atomic mass is 16.2. The van der Waals surface area contributed by atoms with E-state index in [4.69, 9.17) is 0 Å². The first-order valence-electron chi connectivity index (χ1n) is 10.5. The zero-order valence-corrected chi connectivity index (χ0v) is 16.5. The third kappa shape index (κ3) is 3.41. The number of carbonyl (C=O) groups is 1. The smallest absolute Gasteiger partial charge is 0.251 e. The lowest BCUT2D eigenvalue weighted by molar-refractivity contribution is -0.118. The minimum Gasteiger partial charge on any atom is -0.372 e. The lowest BCUT2D eigenvalue weighted by Crippen LogP contribution is -2.29. The van der Waals surface area contributed by atoms with E-state index in [0.29, 0.717) is 18.4 Å². The van der Waals surface area contributed by atoms with E-state index in [1.165, 1.54) is 24.1 Å². The van der Waals surface area contributed by atoms with E-state index in [-0.39, 0.29) is 11.5 Å². The van der Waals surface area contributed by atoms with Gasteiger partial charge in [0.2, 0.25) is 5.91 Å². The van der Waals surface area contributed by atoms with Gasteiger partial charge in [0.1, 0.15) is 0 Å². The van der Waals surface area contributed by atoms with Gasteiger partial charge < -0.3 is 14.8 Å². The van der Waals surface area contributed by atoms with Gasteiger partial charge >= 0.3 is 0 Å². The number of pyridine rings is 1. The number of rotatable bonds is 4. The number of hydrogen-bond acceptors (Lipinski definition) is 3. The summed E-state index contributed by atoms with van der Waals surface area (Å²) in [4.78, 5) is 32.5. The number of aromatic amines is 1. The fourth-order valence-electron chi connectivity index (χ4n) is 4.57. The van der Waals surface area contributed by atoms with Gasteiger partial charge in [0.15, 0.2) is 0 Å². The monoisotopic (exact) mass is 387 g/mol. The van der Waals surface area contributed by atoms with E-state index in [1.54, 1.807) is 0 Å². The fraction of sp³-hybridized carbons (Fsp3) is 0.333. The van der Waals surface area contributed by atoms with Crippen molar-refractivity contribution in [1.82, 2.24) is 4.98 Å². The molecule has 0 atom stereocenters. The van der Waals surface area contributed by atoms with Crippen molar-refractivity contribution < 1.29 is 4.79 Å². The molecule has 29 heavy (non-hydrogen) atoms. The summed E-state index contributed by atoms with van der Waals surface area (Å²) in [6, 6.07) is 16.1. The molecule has 0 saturated carbocycles. The van der Waals surface area contributed by atoms with Crippen molar-refractivity contribution in [1.29, 1.82) is 0 Å². The molecule has 0 radical (unpaired) electrons. The summed E-state index contributed by atoms with van der Waals surface area (Å²) in [5.41, 5.74) is 4.96. The molecule has 2 aromatic carbocycles. The van der Waals surface area contributed by atoms with Crippen LogP contribution in [-0.2, 0) is 17.6 Å². The first-order chi connectivity index (χ1) is 14.2. The molecule has 1 saturated heterocycles. The highest BCUT2D eigenvalue weighted by Crippen LogP contribution is 2.33.